The normalized spacial score (nSPS) is 12.8. The lowest BCUT2D eigenvalue weighted by atomic mass is 10.1. The highest BCUT2D eigenvalue weighted by molar-refractivity contribution is 6.31. The Morgan fingerprint density at radius 3 is 2.75 bits per heavy atom. The lowest BCUT2D eigenvalue weighted by Gasteiger charge is -2.02. The van der Waals surface area contributed by atoms with Gasteiger partial charge in [0.25, 0.3) is 0 Å². The van der Waals surface area contributed by atoms with Crippen LogP contribution in [0.5, 0.6) is 0 Å². The third kappa shape index (κ3) is 1.94. The third-order valence-electron chi connectivity index (χ3n) is 2.33. The Hall–Kier alpha value is -1.39. The Kier molecular flexibility index (Phi) is 2.94. The average molecular weight is 238 g/mol. The fraction of sp³-hybridized carbons (Fsp3) is 0.273. The van der Waals surface area contributed by atoms with Crippen LogP contribution in [-0.2, 0) is 0 Å². The second kappa shape index (κ2) is 4.23. The summed E-state index contributed by atoms with van der Waals surface area (Å²) in [7, 11) is 0. The molecule has 2 rings (SSSR count). The van der Waals surface area contributed by atoms with E-state index in [-0.39, 0.29) is 6.04 Å². The van der Waals surface area contributed by atoms with E-state index in [1.165, 1.54) is 0 Å². The molecule has 16 heavy (non-hydrogen) atoms. The molecule has 0 radical (unpaired) electrons. The monoisotopic (exact) mass is 237 g/mol. The van der Waals surface area contributed by atoms with E-state index in [1.54, 1.807) is 6.92 Å². The predicted octanol–water partition coefficient (Wildman–Crippen LogP) is 2.72. The molecule has 0 aliphatic carbocycles. The van der Waals surface area contributed by atoms with Gasteiger partial charge in [0, 0.05) is 10.6 Å². The maximum absolute atomic E-state index is 6.02. The van der Waals surface area contributed by atoms with Gasteiger partial charge in [-0.3, -0.25) is 0 Å². The first-order valence-corrected chi connectivity index (χ1v) is 5.32. The Bertz CT molecular complexity index is 508. The largest absolute Gasteiger partial charge is 0.419 e. The van der Waals surface area contributed by atoms with Crippen LogP contribution < -0.4 is 5.73 Å². The highest BCUT2D eigenvalue weighted by Crippen LogP contribution is 2.27. The van der Waals surface area contributed by atoms with Crippen LogP contribution in [0.1, 0.15) is 24.4 Å². The summed E-state index contributed by atoms with van der Waals surface area (Å²) in [5.41, 5.74) is 7.41. The Balaban J connectivity index is 2.47. The molecule has 0 fully saturated rings. The molecule has 0 amide bonds. The number of hydrogen-bond donors (Lipinski definition) is 1. The van der Waals surface area contributed by atoms with Gasteiger partial charge in [0.1, 0.15) is 0 Å². The summed E-state index contributed by atoms with van der Waals surface area (Å²) in [5, 5.41) is 8.51. The summed E-state index contributed by atoms with van der Waals surface area (Å²) in [5.74, 6) is 0.877. The van der Waals surface area contributed by atoms with Crippen molar-refractivity contribution in [2.75, 3.05) is 0 Å². The maximum Gasteiger partial charge on any atom is 0.248 e. The van der Waals surface area contributed by atoms with Crippen LogP contribution in [0.2, 0.25) is 5.02 Å². The topological polar surface area (TPSA) is 64.9 Å². The van der Waals surface area contributed by atoms with Gasteiger partial charge in [0.15, 0.2) is 0 Å². The predicted molar refractivity (Wildman–Crippen MR) is 62.1 cm³/mol. The molecule has 0 bridgehead atoms. The first-order chi connectivity index (χ1) is 7.59. The van der Waals surface area contributed by atoms with Crippen LogP contribution in [0.4, 0.5) is 0 Å². The molecule has 1 unspecified atom stereocenters. The van der Waals surface area contributed by atoms with Crippen molar-refractivity contribution in [3.63, 3.8) is 0 Å². The second-order valence-corrected chi connectivity index (χ2v) is 4.05. The van der Waals surface area contributed by atoms with E-state index in [0.29, 0.717) is 16.8 Å². The van der Waals surface area contributed by atoms with Crippen molar-refractivity contribution in [1.82, 2.24) is 10.2 Å². The molecular weight excluding hydrogens is 226 g/mol. The quantitative estimate of drug-likeness (QED) is 0.872. The number of aromatic nitrogens is 2. The van der Waals surface area contributed by atoms with Crippen molar-refractivity contribution in [2.45, 2.75) is 19.9 Å². The van der Waals surface area contributed by atoms with Gasteiger partial charge >= 0.3 is 0 Å². The molecule has 1 aromatic carbocycles. The molecule has 2 N–H and O–H groups in total. The van der Waals surface area contributed by atoms with E-state index in [1.807, 2.05) is 25.1 Å². The van der Waals surface area contributed by atoms with E-state index in [0.717, 1.165) is 11.1 Å². The molecule has 5 heteroatoms. The smallest absolute Gasteiger partial charge is 0.248 e. The molecule has 0 saturated heterocycles. The first kappa shape index (κ1) is 11.1. The molecule has 1 aromatic heterocycles. The van der Waals surface area contributed by atoms with Crippen molar-refractivity contribution in [3.05, 3.63) is 34.7 Å². The molecule has 0 aliphatic heterocycles. The molecule has 2 aromatic rings. The fourth-order valence-electron chi connectivity index (χ4n) is 1.37. The number of benzene rings is 1. The fourth-order valence-corrected chi connectivity index (χ4v) is 1.54. The zero-order chi connectivity index (χ0) is 11.7. The molecule has 0 aliphatic rings. The van der Waals surface area contributed by atoms with Crippen molar-refractivity contribution in [3.8, 4) is 11.5 Å². The van der Waals surface area contributed by atoms with E-state index >= 15 is 0 Å². The van der Waals surface area contributed by atoms with Crippen molar-refractivity contribution in [1.29, 1.82) is 0 Å². The molecule has 1 atom stereocenters. The van der Waals surface area contributed by atoms with Gasteiger partial charge in [-0.1, -0.05) is 17.7 Å². The Morgan fingerprint density at radius 2 is 2.12 bits per heavy atom. The van der Waals surface area contributed by atoms with Crippen molar-refractivity contribution >= 4 is 11.6 Å². The highest BCUT2D eigenvalue weighted by atomic mass is 35.5. The van der Waals surface area contributed by atoms with Gasteiger partial charge in [-0.2, -0.15) is 0 Å². The zero-order valence-corrected chi connectivity index (χ0v) is 9.82. The van der Waals surface area contributed by atoms with Crippen LogP contribution in [0.3, 0.4) is 0 Å². The van der Waals surface area contributed by atoms with Crippen LogP contribution >= 0.6 is 11.6 Å². The van der Waals surface area contributed by atoms with Crippen molar-refractivity contribution < 1.29 is 4.42 Å². The summed E-state index contributed by atoms with van der Waals surface area (Å²) in [6.45, 7) is 3.70. The zero-order valence-electron chi connectivity index (χ0n) is 9.07. The minimum Gasteiger partial charge on any atom is -0.419 e. The second-order valence-electron chi connectivity index (χ2n) is 3.65. The molecule has 84 valence electrons. The van der Waals surface area contributed by atoms with Crippen LogP contribution in [0.25, 0.3) is 11.5 Å². The summed E-state index contributed by atoms with van der Waals surface area (Å²) < 4.78 is 5.46. The molecule has 0 spiro atoms. The van der Waals surface area contributed by atoms with Gasteiger partial charge in [-0.25, -0.2) is 0 Å². The molecule has 4 nitrogen and oxygen atoms in total. The van der Waals surface area contributed by atoms with Gasteiger partial charge in [0.05, 0.1) is 6.04 Å². The first-order valence-electron chi connectivity index (χ1n) is 4.94. The summed E-state index contributed by atoms with van der Waals surface area (Å²) in [6, 6.07) is 5.30. The Morgan fingerprint density at radius 1 is 1.38 bits per heavy atom. The number of nitrogens with two attached hydrogens (primary N) is 1. The van der Waals surface area contributed by atoms with Crippen LogP contribution in [0, 0.1) is 6.92 Å². The third-order valence-corrected chi connectivity index (χ3v) is 2.74. The number of halogens is 1. The summed E-state index contributed by atoms with van der Waals surface area (Å²) >= 11 is 6.02. The van der Waals surface area contributed by atoms with Crippen LogP contribution in [0.15, 0.2) is 22.6 Å². The number of hydrogen-bond acceptors (Lipinski definition) is 4. The average Bonchev–Trinajstić information content (AvgIpc) is 2.71. The molecular formula is C11H12ClN3O. The van der Waals surface area contributed by atoms with E-state index in [2.05, 4.69) is 10.2 Å². The van der Waals surface area contributed by atoms with E-state index < -0.39 is 0 Å². The molecule has 0 saturated carbocycles. The van der Waals surface area contributed by atoms with E-state index in [4.69, 9.17) is 21.8 Å². The lowest BCUT2D eigenvalue weighted by molar-refractivity contribution is 0.473. The van der Waals surface area contributed by atoms with Crippen LogP contribution in [-0.4, -0.2) is 10.2 Å². The van der Waals surface area contributed by atoms with Gasteiger partial charge in [-0.05, 0) is 31.5 Å². The number of nitrogens with zero attached hydrogens (tertiary/aromatic N) is 2. The van der Waals surface area contributed by atoms with Gasteiger partial charge in [0.2, 0.25) is 11.8 Å². The standard InChI is InChI=1S/C11H12ClN3O/c1-6-8(4-3-5-9(6)12)11-15-14-10(16-11)7(2)13/h3-5,7H,13H2,1-2H3. The molecule has 1 heterocycles. The lowest BCUT2D eigenvalue weighted by Crippen LogP contribution is -2.04. The maximum atomic E-state index is 6.02. The van der Waals surface area contributed by atoms with Crippen molar-refractivity contribution in [2.24, 2.45) is 5.73 Å². The number of rotatable bonds is 2. The van der Waals surface area contributed by atoms with Gasteiger partial charge in [-0.15, -0.1) is 10.2 Å². The highest BCUT2D eigenvalue weighted by Gasteiger charge is 2.14. The van der Waals surface area contributed by atoms with E-state index in [9.17, 15) is 0 Å². The summed E-state index contributed by atoms with van der Waals surface area (Å²) in [6.07, 6.45) is 0. The van der Waals surface area contributed by atoms with Gasteiger partial charge < -0.3 is 10.2 Å². The SMILES string of the molecule is Cc1c(Cl)cccc1-c1nnc(C(C)N)o1. The minimum atomic E-state index is -0.263. The summed E-state index contributed by atoms with van der Waals surface area (Å²) in [4.78, 5) is 0. The Labute approximate surface area is 98.4 Å². The minimum absolute atomic E-state index is 0.263.